The van der Waals surface area contributed by atoms with Crippen LogP contribution < -0.4 is 9.47 Å². The summed E-state index contributed by atoms with van der Waals surface area (Å²) in [6.45, 7) is 1.77. The fourth-order valence-corrected chi connectivity index (χ4v) is 2.56. The van der Waals surface area contributed by atoms with Crippen LogP contribution in [0.15, 0.2) is 28.7 Å². The van der Waals surface area contributed by atoms with Crippen LogP contribution >= 0.6 is 11.6 Å². The molecule has 1 amide bonds. The van der Waals surface area contributed by atoms with Gasteiger partial charge in [-0.15, -0.1) is 0 Å². The molecule has 2 aromatic rings. The van der Waals surface area contributed by atoms with E-state index in [4.69, 9.17) is 30.2 Å². The number of hydrogen-bond donors (Lipinski definition) is 0. The summed E-state index contributed by atoms with van der Waals surface area (Å²) in [4.78, 5) is 25.6. The molecule has 1 aromatic heterocycles. The van der Waals surface area contributed by atoms with Crippen molar-refractivity contribution in [2.45, 2.75) is 13.5 Å². The molecular weight excluding hydrogens is 350 g/mol. The molecule has 132 valence electrons. The second kappa shape index (κ2) is 7.06. The van der Waals surface area contributed by atoms with Gasteiger partial charge < -0.3 is 23.5 Å². The Morgan fingerprint density at radius 1 is 1.28 bits per heavy atom. The lowest BCUT2D eigenvalue weighted by Crippen LogP contribution is -2.30. The van der Waals surface area contributed by atoms with E-state index in [9.17, 15) is 9.59 Å². The van der Waals surface area contributed by atoms with Crippen LogP contribution in [0.3, 0.4) is 0 Å². The monoisotopic (exact) mass is 365 g/mol. The zero-order chi connectivity index (χ0) is 18.0. The number of furan rings is 1. The minimum Gasteiger partial charge on any atom is -0.464 e. The van der Waals surface area contributed by atoms with E-state index in [0.29, 0.717) is 23.8 Å². The van der Waals surface area contributed by atoms with Gasteiger partial charge in [0.2, 0.25) is 6.79 Å². The molecule has 0 radical (unpaired) electrons. The number of ether oxygens (including phenoxy) is 3. The van der Waals surface area contributed by atoms with Gasteiger partial charge in [-0.2, -0.15) is 0 Å². The molecule has 0 N–H and O–H groups in total. The lowest BCUT2D eigenvalue weighted by Gasteiger charge is -2.15. The summed E-state index contributed by atoms with van der Waals surface area (Å²) in [6.07, 6.45) is 0. The smallest absolute Gasteiger partial charge is 0.338 e. The van der Waals surface area contributed by atoms with Crippen molar-refractivity contribution in [3.63, 3.8) is 0 Å². The first-order chi connectivity index (χ1) is 11.9. The molecule has 2 heterocycles. The fourth-order valence-electron chi connectivity index (χ4n) is 2.30. The maximum atomic E-state index is 12.1. The Morgan fingerprint density at radius 3 is 2.80 bits per heavy atom. The zero-order valence-corrected chi connectivity index (χ0v) is 14.5. The molecule has 8 heteroatoms. The van der Waals surface area contributed by atoms with E-state index in [1.165, 1.54) is 17.0 Å². The Labute approximate surface area is 149 Å². The van der Waals surface area contributed by atoms with Crippen LogP contribution in [0.25, 0.3) is 0 Å². The SMILES string of the molecule is Cc1ccc(CN(C)C(=O)COC(=O)c2cc(Cl)c3c(c2)OCO3)o1. The molecule has 7 nitrogen and oxygen atoms in total. The van der Waals surface area contributed by atoms with Crippen molar-refractivity contribution in [3.05, 3.63) is 46.4 Å². The first-order valence-electron chi connectivity index (χ1n) is 7.49. The Kier molecular flexibility index (Phi) is 4.85. The maximum Gasteiger partial charge on any atom is 0.338 e. The molecule has 0 aliphatic carbocycles. The van der Waals surface area contributed by atoms with Crippen LogP contribution in [-0.2, 0) is 16.1 Å². The van der Waals surface area contributed by atoms with Gasteiger partial charge in [0, 0.05) is 7.05 Å². The highest BCUT2D eigenvalue weighted by molar-refractivity contribution is 6.32. The average molecular weight is 366 g/mol. The summed E-state index contributed by atoms with van der Waals surface area (Å²) in [6, 6.07) is 6.49. The third kappa shape index (κ3) is 3.88. The van der Waals surface area contributed by atoms with Gasteiger partial charge in [-0.05, 0) is 31.2 Å². The van der Waals surface area contributed by atoms with Crippen molar-refractivity contribution in [2.24, 2.45) is 0 Å². The van der Waals surface area contributed by atoms with Crippen LogP contribution in [0.5, 0.6) is 11.5 Å². The first-order valence-corrected chi connectivity index (χ1v) is 7.87. The van der Waals surface area contributed by atoms with Crippen LogP contribution in [-0.4, -0.2) is 37.2 Å². The highest BCUT2D eigenvalue weighted by Crippen LogP contribution is 2.39. The van der Waals surface area contributed by atoms with Crippen molar-refractivity contribution in [1.29, 1.82) is 0 Å². The van der Waals surface area contributed by atoms with E-state index in [1.807, 2.05) is 13.0 Å². The number of hydrogen-bond acceptors (Lipinski definition) is 6. The van der Waals surface area contributed by atoms with E-state index in [1.54, 1.807) is 13.1 Å². The number of rotatable bonds is 5. The largest absolute Gasteiger partial charge is 0.464 e. The van der Waals surface area contributed by atoms with Crippen LogP contribution in [0.2, 0.25) is 5.02 Å². The molecular formula is C17H16ClNO6. The maximum absolute atomic E-state index is 12.1. The van der Waals surface area contributed by atoms with E-state index in [2.05, 4.69) is 0 Å². The second-order valence-corrected chi connectivity index (χ2v) is 5.94. The summed E-state index contributed by atoms with van der Waals surface area (Å²) < 4.78 is 20.8. The molecule has 0 fully saturated rings. The molecule has 1 aliphatic heterocycles. The van der Waals surface area contributed by atoms with Crippen LogP contribution in [0.1, 0.15) is 21.9 Å². The second-order valence-electron chi connectivity index (χ2n) is 5.53. The first kappa shape index (κ1) is 17.2. The predicted octanol–water partition coefficient (Wildman–Crippen LogP) is 2.79. The minimum atomic E-state index is -0.671. The van der Waals surface area contributed by atoms with Crippen molar-refractivity contribution < 1.29 is 28.2 Å². The average Bonchev–Trinajstić information content (AvgIpc) is 3.21. The van der Waals surface area contributed by atoms with Gasteiger partial charge in [0.05, 0.1) is 17.1 Å². The summed E-state index contributed by atoms with van der Waals surface area (Å²) in [5.74, 6) is 1.16. The Morgan fingerprint density at radius 2 is 2.08 bits per heavy atom. The number of benzene rings is 1. The Balaban J connectivity index is 1.56. The van der Waals surface area contributed by atoms with Gasteiger partial charge in [0.25, 0.3) is 5.91 Å². The van der Waals surface area contributed by atoms with Gasteiger partial charge in [-0.3, -0.25) is 4.79 Å². The summed E-state index contributed by atoms with van der Waals surface area (Å²) >= 11 is 6.03. The quantitative estimate of drug-likeness (QED) is 0.758. The van der Waals surface area contributed by atoms with Crippen molar-refractivity contribution >= 4 is 23.5 Å². The standard InChI is InChI=1S/C17H16ClNO6/c1-10-3-4-12(25-10)7-19(2)15(20)8-22-17(21)11-5-13(18)16-14(6-11)23-9-24-16/h3-6H,7-9H2,1-2H3. The molecule has 0 bridgehead atoms. The van der Waals surface area contributed by atoms with E-state index in [-0.39, 0.29) is 29.9 Å². The topological polar surface area (TPSA) is 78.2 Å². The number of esters is 1. The van der Waals surface area contributed by atoms with E-state index in [0.717, 1.165) is 5.76 Å². The number of carbonyl (C=O) groups is 2. The van der Waals surface area contributed by atoms with Gasteiger partial charge in [0.1, 0.15) is 11.5 Å². The molecule has 0 spiro atoms. The molecule has 1 aromatic carbocycles. The molecule has 0 atom stereocenters. The number of fused-ring (bicyclic) bond motifs is 1. The number of carbonyl (C=O) groups excluding carboxylic acids is 2. The fraction of sp³-hybridized carbons (Fsp3) is 0.294. The molecule has 25 heavy (non-hydrogen) atoms. The molecule has 0 saturated heterocycles. The van der Waals surface area contributed by atoms with Gasteiger partial charge in [-0.25, -0.2) is 4.79 Å². The van der Waals surface area contributed by atoms with Gasteiger partial charge in [-0.1, -0.05) is 11.6 Å². The third-order valence-corrected chi connectivity index (χ3v) is 3.89. The lowest BCUT2D eigenvalue weighted by atomic mass is 10.2. The number of nitrogens with zero attached hydrogens (tertiary/aromatic N) is 1. The van der Waals surface area contributed by atoms with Crippen LogP contribution in [0.4, 0.5) is 0 Å². The van der Waals surface area contributed by atoms with Crippen molar-refractivity contribution in [1.82, 2.24) is 4.90 Å². The molecule has 3 rings (SSSR count). The van der Waals surface area contributed by atoms with Crippen molar-refractivity contribution in [3.8, 4) is 11.5 Å². The predicted molar refractivity (Wildman–Crippen MR) is 87.8 cm³/mol. The minimum absolute atomic E-state index is 0.0447. The van der Waals surface area contributed by atoms with Gasteiger partial charge >= 0.3 is 5.97 Å². The number of amides is 1. The molecule has 0 unspecified atom stereocenters. The highest BCUT2D eigenvalue weighted by Gasteiger charge is 2.22. The number of halogens is 1. The molecule has 1 aliphatic rings. The van der Waals surface area contributed by atoms with Crippen molar-refractivity contribution in [2.75, 3.05) is 20.4 Å². The lowest BCUT2D eigenvalue weighted by molar-refractivity contribution is -0.134. The Hall–Kier alpha value is -2.67. The van der Waals surface area contributed by atoms with E-state index >= 15 is 0 Å². The summed E-state index contributed by atoms with van der Waals surface area (Å²) in [5.41, 5.74) is 0.186. The van der Waals surface area contributed by atoms with Gasteiger partial charge in [0.15, 0.2) is 18.1 Å². The van der Waals surface area contributed by atoms with Crippen LogP contribution in [0, 0.1) is 6.92 Å². The highest BCUT2D eigenvalue weighted by atomic mass is 35.5. The Bertz CT molecular complexity index is 815. The zero-order valence-electron chi connectivity index (χ0n) is 13.7. The summed E-state index contributed by atoms with van der Waals surface area (Å²) in [5, 5.41) is 0.249. The summed E-state index contributed by atoms with van der Waals surface area (Å²) in [7, 11) is 1.60. The number of likely N-dealkylation sites (N-methyl/N-ethyl adjacent to an activating group) is 1. The van der Waals surface area contributed by atoms with E-state index < -0.39 is 5.97 Å². The normalized spacial score (nSPS) is 12.1. The number of aryl methyl sites for hydroxylation is 1. The third-order valence-electron chi connectivity index (χ3n) is 3.60. The molecule has 0 saturated carbocycles.